The third-order valence-electron chi connectivity index (χ3n) is 4.14. The number of nitrogens with zero attached hydrogens (tertiary/aromatic N) is 2. The molecule has 0 bridgehead atoms. The monoisotopic (exact) mass is 407 g/mol. The van der Waals surface area contributed by atoms with Crippen molar-refractivity contribution < 1.29 is 23.7 Å². The smallest absolute Gasteiger partial charge is 0.338 e. The van der Waals surface area contributed by atoms with E-state index in [0.717, 1.165) is 0 Å². The number of methoxy groups -OCH3 is 1. The third-order valence-corrected chi connectivity index (χ3v) is 4.14. The Morgan fingerprint density at radius 1 is 1.13 bits per heavy atom. The third kappa shape index (κ3) is 4.76. The van der Waals surface area contributed by atoms with Crippen molar-refractivity contribution in [2.45, 2.75) is 6.42 Å². The number of amides is 1. The largest absolute Gasteiger partial charge is 0.465 e. The van der Waals surface area contributed by atoms with Gasteiger partial charge in [0.15, 0.2) is 0 Å². The van der Waals surface area contributed by atoms with Crippen LogP contribution in [0.3, 0.4) is 0 Å². The highest BCUT2D eigenvalue weighted by Crippen LogP contribution is 2.26. The Balaban J connectivity index is 1.67. The number of nitro groups is 1. The molecular weight excluding hydrogens is 390 g/mol. The Hall–Kier alpha value is -4.27. The normalized spacial score (nSPS) is 10.7. The van der Waals surface area contributed by atoms with Crippen LogP contribution < -0.4 is 5.43 Å². The summed E-state index contributed by atoms with van der Waals surface area (Å²) in [4.78, 5) is 34.4. The summed E-state index contributed by atoms with van der Waals surface area (Å²) < 4.78 is 10.4. The number of para-hydroxylation sites is 1. The average molecular weight is 407 g/mol. The number of hydrazone groups is 1. The number of nitrogens with one attached hydrogen (secondary N) is 1. The molecule has 0 aliphatic carbocycles. The molecule has 3 aromatic rings. The second-order valence-corrected chi connectivity index (χ2v) is 6.09. The van der Waals surface area contributed by atoms with Crippen molar-refractivity contribution >= 4 is 23.8 Å². The Morgan fingerprint density at radius 2 is 1.87 bits per heavy atom. The number of furan rings is 1. The number of carbonyl (C=O) groups excluding carboxylic acids is 2. The molecule has 0 atom stereocenters. The van der Waals surface area contributed by atoms with E-state index in [1.807, 2.05) is 0 Å². The van der Waals surface area contributed by atoms with Crippen LogP contribution in [-0.4, -0.2) is 30.1 Å². The van der Waals surface area contributed by atoms with Crippen molar-refractivity contribution in [2.75, 3.05) is 7.11 Å². The SMILES string of the molecule is COC(=O)c1ccccc1-c1ccc(C=NNC(=O)Cc2ccccc2[N+](=O)[O-])o1. The minimum Gasteiger partial charge on any atom is -0.465 e. The van der Waals surface area contributed by atoms with Gasteiger partial charge in [0.2, 0.25) is 5.91 Å². The quantitative estimate of drug-likeness (QED) is 0.277. The second kappa shape index (κ2) is 9.28. The molecule has 0 fully saturated rings. The molecule has 0 aliphatic heterocycles. The average Bonchev–Trinajstić information content (AvgIpc) is 3.22. The lowest BCUT2D eigenvalue weighted by atomic mass is 10.1. The molecule has 0 spiro atoms. The van der Waals surface area contributed by atoms with Crippen molar-refractivity contribution in [1.82, 2.24) is 5.43 Å². The van der Waals surface area contributed by atoms with Crippen LogP contribution in [0.1, 0.15) is 21.7 Å². The molecule has 9 heteroatoms. The number of carbonyl (C=O) groups is 2. The van der Waals surface area contributed by atoms with Crippen molar-refractivity contribution in [3.05, 3.63) is 87.7 Å². The van der Waals surface area contributed by atoms with Crippen LogP contribution >= 0.6 is 0 Å². The lowest BCUT2D eigenvalue weighted by molar-refractivity contribution is -0.385. The highest BCUT2D eigenvalue weighted by molar-refractivity contribution is 5.96. The van der Waals surface area contributed by atoms with Gasteiger partial charge in [-0.05, 0) is 18.2 Å². The zero-order valence-corrected chi connectivity index (χ0v) is 15.9. The molecule has 9 nitrogen and oxygen atoms in total. The Kier molecular flexibility index (Phi) is 6.33. The van der Waals surface area contributed by atoms with Crippen molar-refractivity contribution in [3.8, 4) is 11.3 Å². The van der Waals surface area contributed by atoms with Crippen LogP contribution in [0.15, 0.2) is 70.2 Å². The van der Waals surface area contributed by atoms with Gasteiger partial charge >= 0.3 is 5.97 Å². The first-order valence-electron chi connectivity index (χ1n) is 8.81. The molecule has 0 radical (unpaired) electrons. The summed E-state index contributed by atoms with van der Waals surface area (Å²) in [6, 6.07) is 16.1. The number of hydrogen-bond donors (Lipinski definition) is 1. The van der Waals surface area contributed by atoms with E-state index in [9.17, 15) is 19.7 Å². The van der Waals surface area contributed by atoms with Gasteiger partial charge in [-0.15, -0.1) is 0 Å². The Bertz CT molecular complexity index is 1120. The number of rotatable bonds is 7. The minimum absolute atomic E-state index is 0.128. The second-order valence-electron chi connectivity index (χ2n) is 6.09. The van der Waals surface area contributed by atoms with E-state index in [1.165, 1.54) is 31.5 Å². The fourth-order valence-corrected chi connectivity index (χ4v) is 2.77. The van der Waals surface area contributed by atoms with E-state index in [4.69, 9.17) is 9.15 Å². The summed E-state index contributed by atoms with van der Waals surface area (Å²) in [6.07, 6.45) is 1.10. The van der Waals surface area contributed by atoms with Crippen molar-refractivity contribution in [2.24, 2.45) is 5.10 Å². The number of nitro benzene ring substituents is 1. The lowest BCUT2D eigenvalue weighted by Gasteiger charge is -2.04. The van der Waals surface area contributed by atoms with Crippen molar-refractivity contribution in [1.29, 1.82) is 0 Å². The molecule has 0 saturated heterocycles. The fourth-order valence-electron chi connectivity index (χ4n) is 2.77. The molecule has 1 aromatic heterocycles. The van der Waals surface area contributed by atoms with Crippen LogP contribution in [0.5, 0.6) is 0 Å². The maximum atomic E-state index is 12.0. The summed E-state index contributed by atoms with van der Waals surface area (Å²) in [6.45, 7) is 0. The zero-order chi connectivity index (χ0) is 21.5. The first-order chi connectivity index (χ1) is 14.5. The van der Waals surface area contributed by atoms with Crippen LogP contribution in [0, 0.1) is 10.1 Å². The van der Waals surface area contributed by atoms with E-state index in [1.54, 1.807) is 42.5 Å². The first kappa shape index (κ1) is 20.5. The molecule has 152 valence electrons. The van der Waals surface area contributed by atoms with E-state index >= 15 is 0 Å². The van der Waals surface area contributed by atoms with Crippen LogP contribution in [0.2, 0.25) is 0 Å². The standard InChI is InChI=1S/C21H17N3O6/c1-29-21(26)17-8-4-3-7-16(17)19-11-10-15(30-19)13-22-23-20(25)12-14-6-2-5-9-18(14)24(27)28/h2-11,13H,12H2,1H3,(H,23,25). The van der Waals surface area contributed by atoms with Gasteiger partial charge in [-0.1, -0.05) is 36.4 Å². The molecule has 3 rings (SSSR count). The predicted molar refractivity (Wildman–Crippen MR) is 108 cm³/mol. The van der Waals surface area contributed by atoms with E-state index in [-0.39, 0.29) is 17.7 Å². The highest BCUT2D eigenvalue weighted by Gasteiger charge is 2.16. The van der Waals surface area contributed by atoms with E-state index in [2.05, 4.69) is 10.5 Å². The van der Waals surface area contributed by atoms with E-state index < -0.39 is 16.8 Å². The molecule has 1 N–H and O–H groups in total. The molecule has 1 amide bonds. The minimum atomic E-state index is -0.539. The van der Waals surface area contributed by atoms with E-state index in [0.29, 0.717) is 22.6 Å². The van der Waals surface area contributed by atoms with Crippen LogP contribution in [0.4, 0.5) is 5.69 Å². The molecular formula is C21H17N3O6. The maximum absolute atomic E-state index is 12.0. The summed E-state index contributed by atoms with van der Waals surface area (Å²) in [5.41, 5.74) is 3.38. The van der Waals surface area contributed by atoms with Gasteiger partial charge in [0, 0.05) is 17.2 Å². The Labute approximate surface area is 171 Å². The molecule has 2 aromatic carbocycles. The topological polar surface area (TPSA) is 124 Å². The molecule has 0 saturated carbocycles. The predicted octanol–water partition coefficient (Wildman–Crippen LogP) is 3.33. The summed E-state index contributed by atoms with van der Waals surface area (Å²) in [5.74, 6) is -0.220. The lowest BCUT2D eigenvalue weighted by Crippen LogP contribution is -2.20. The van der Waals surface area contributed by atoms with Gasteiger partial charge in [0.05, 0.1) is 30.2 Å². The number of benzene rings is 2. The fraction of sp³-hybridized carbons (Fsp3) is 0.0952. The van der Waals surface area contributed by atoms with Gasteiger partial charge in [-0.3, -0.25) is 14.9 Å². The summed E-state index contributed by atoms with van der Waals surface area (Å²) in [5, 5.41) is 14.8. The molecule has 30 heavy (non-hydrogen) atoms. The number of ether oxygens (including phenoxy) is 1. The Morgan fingerprint density at radius 3 is 2.63 bits per heavy atom. The number of esters is 1. The van der Waals surface area contributed by atoms with Gasteiger partial charge in [-0.25, -0.2) is 10.2 Å². The van der Waals surface area contributed by atoms with Crippen molar-refractivity contribution in [3.63, 3.8) is 0 Å². The van der Waals surface area contributed by atoms with Gasteiger partial charge in [-0.2, -0.15) is 5.10 Å². The van der Waals surface area contributed by atoms with Gasteiger partial charge in [0.25, 0.3) is 5.69 Å². The summed E-state index contributed by atoms with van der Waals surface area (Å²) in [7, 11) is 1.30. The maximum Gasteiger partial charge on any atom is 0.338 e. The molecule has 1 heterocycles. The number of hydrogen-bond acceptors (Lipinski definition) is 7. The zero-order valence-electron chi connectivity index (χ0n) is 15.9. The first-order valence-corrected chi connectivity index (χ1v) is 8.81. The van der Waals surface area contributed by atoms with Gasteiger partial charge < -0.3 is 9.15 Å². The van der Waals surface area contributed by atoms with Crippen LogP contribution in [-0.2, 0) is 16.0 Å². The highest BCUT2D eigenvalue weighted by atomic mass is 16.6. The molecule has 0 unspecified atom stereocenters. The molecule has 0 aliphatic rings. The van der Waals surface area contributed by atoms with Crippen LogP contribution in [0.25, 0.3) is 11.3 Å². The summed E-state index contributed by atoms with van der Waals surface area (Å²) >= 11 is 0. The van der Waals surface area contributed by atoms with Gasteiger partial charge in [0.1, 0.15) is 11.5 Å².